The fourth-order valence-corrected chi connectivity index (χ4v) is 6.34. The Kier molecular flexibility index (Phi) is 6.21. The van der Waals surface area contributed by atoms with Crippen molar-refractivity contribution in [2.45, 2.75) is 9.79 Å². The molecule has 10 nitrogen and oxygen atoms in total. The molecule has 0 aliphatic heterocycles. The molecule has 0 heterocycles. The monoisotopic (exact) mass is 550 g/mol. The van der Waals surface area contributed by atoms with Crippen molar-refractivity contribution >= 4 is 37.1 Å². The van der Waals surface area contributed by atoms with E-state index in [0.717, 1.165) is 0 Å². The van der Waals surface area contributed by atoms with E-state index < -0.39 is 20.0 Å². The molecule has 38 heavy (non-hydrogen) atoms. The van der Waals surface area contributed by atoms with E-state index in [4.69, 9.17) is 0 Å². The molecule has 4 aromatic rings. The van der Waals surface area contributed by atoms with Gasteiger partial charge in [-0.1, -0.05) is 24.3 Å². The molecular weight excluding hydrogens is 528 g/mol. The van der Waals surface area contributed by atoms with Crippen molar-refractivity contribution in [2.24, 2.45) is 5.10 Å². The number of nitrogens with zero attached hydrogens (tertiary/aromatic N) is 1. The van der Waals surface area contributed by atoms with Crippen LogP contribution in [0.15, 0.2) is 99.8 Å². The maximum Gasteiger partial charge on any atom is 0.261 e. The molecule has 0 spiro atoms. The molecule has 5 N–H and O–H groups in total. The van der Waals surface area contributed by atoms with Crippen LogP contribution in [-0.2, 0) is 20.0 Å². The second-order valence-corrected chi connectivity index (χ2v) is 11.8. The van der Waals surface area contributed by atoms with Gasteiger partial charge in [0.1, 0.15) is 11.5 Å². The van der Waals surface area contributed by atoms with E-state index in [-0.39, 0.29) is 32.7 Å². The highest BCUT2D eigenvalue weighted by atomic mass is 32.2. The second kappa shape index (κ2) is 9.39. The van der Waals surface area contributed by atoms with Crippen LogP contribution in [0.5, 0.6) is 11.5 Å². The van der Waals surface area contributed by atoms with Gasteiger partial charge in [-0.2, -0.15) is 5.10 Å². The fourth-order valence-electron chi connectivity index (χ4n) is 4.19. The van der Waals surface area contributed by atoms with Gasteiger partial charge >= 0.3 is 0 Å². The molecule has 12 heteroatoms. The molecule has 0 bridgehead atoms. The van der Waals surface area contributed by atoms with Crippen molar-refractivity contribution < 1.29 is 27.0 Å². The normalized spacial score (nSPS) is 12.4. The standard InChI is InChI=1S/C26H22N4O6S2/c1-27-28-26-24-14-20(37(33,34)29-16-4-2-6-18(31)12-16)8-10-22(24)23-11-9-21(15-25(23)26)38(35,36)30-17-5-3-7-19(32)13-17/h2-15,27,29-32H,1H3. The molecule has 0 radical (unpaired) electrons. The molecule has 4 aromatic carbocycles. The van der Waals surface area contributed by atoms with Crippen molar-refractivity contribution in [3.63, 3.8) is 0 Å². The molecular formula is C26H22N4O6S2. The summed E-state index contributed by atoms with van der Waals surface area (Å²) in [4.78, 5) is -0.0656. The van der Waals surface area contributed by atoms with Gasteiger partial charge < -0.3 is 15.6 Å². The van der Waals surface area contributed by atoms with Crippen LogP contribution in [0.2, 0.25) is 0 Å². The quantitative estimate of drug-likeness (QED) is 0.194. The Morgan fingerprint density at radius 3 is 1.45 bits per heavy atom. The maximum absolute atomic E-state index is 13.1. The Balaban J connectivity index is 1.52. The van der Waals surface area contributed by atoms with Crippen molar-refractivity contribution in [3.05, 3.63) is 96.1 Å². The summed E-state index contributed by atoms with van der Waals surface area (Å²) < 4.78 is 57.2. The third-order valence-electron chi connectivity index (χ3n) is 5.82. The number of hydrogen-bond acceptors (Lipinski definition) is 8. The highest BCUT2D eigenvalue weighted by Gasteiger charge is 2.29. The first-order chi connectivity index (χ1) is 18.1. The molecule has 1 aliphatic carbocycles. The number of anilines is 2. The Morgan fingerprint density at radius 2 is 1.05 bits per heavy atom. The lowest BCUT2D eigenvalue weighted by Gasteiger charge is -2.10. The largest absolute Gasteiger partial charge is 0.508 e. The molecule has 0 fully saturated rings. The minimum atomic E-state index is -4.01. The first kappa shape index (κ1) is 25.1. The highest BCUT2D eigenvalue weighted by Crippen LogP contribution is 2.39. The smallest absolute Gasteiger partial charge is 0.261 e. The Morgan fingerprint density at radius 1 is 0.605 bits per heavy atom. The molecule has 0 unspecified atom stereocenters. The van der Waals surface area contributed by atoms with E-state index in [2.05, 4.69) is 20.0 Å². The summed E-state index contributed by atoms with van der Waals surface area (Å²) >= 11 is 0. The van der Waals surface area contributed by atoms with Gasteiger partial charge in [0.15, 0.2) is 0 Å². The van der Waals surface area contributed by atoms with Gasteiger partial charge in [0.25, 0.3) is 20.0 Å². The summed E-state index contributed by atoms with van der Waals surface area (Å²) in [6.07, 6.45) is 0. The van der Waals surface area contributed by atoms with E-state index in [9.17, 15) is 27.0 Å². The van der Waals surface area contributed by atoms with Crippen LogP contribution >= 0.6 is 0 Å². The van der Waals surface area contributed by atoms with E-state index in [1.807, 2.05) is 0 Å². The van der Waals surface area contributed by atoms with Crippen LogP contribution in [-0.4, -0.2) is 39.8 Å². The number of benzene rings is 4. The number of hydrazone groups is 1. The van der Waals surface area contributed by atoms with Crippen LogP contribution in [0.25, 0.3) is 11.1 Å². The number of fused-ring (bicyclic) bond motifs is 3. The lowest BCUT2D eigenvalue weighted by molar-refractivity contribution is 0.475. The fraction of sp³-hybridized carbons (Fsp3) is 0.0385. The minimum Gasteiger partial charge on any atom is -0.508 e. The Hall–Kier alpha value is -4.55. The number of phenolic OH excluding ortho intramolecular Hbond substituents is 2. The zero-order valence-corrected chi connectivity index (χ0v) is 21.5. The average molecular weight is 551 g/mol. The first-order valence-corrected chi connectivity index (χ1v) is 14.2. The minimum absolute atomic E-state index is 0.0328. The Labute approximate surface area is 219 Å². The zero-order chi connectivity index (χ0) is 27.1. The van der Waals surface area contributed by atoms with E-state index in [1.54, 1.807) is 19.2 Å². The van der Waals surface area contributed by atoms with Crippen molar-refractivity contribution in [1.29, 1.82) is 0 Å². The van der Waals surface area contributed by atoms with Gasteiger partial charge in [0.2, 0.25) is 0 Å². The predicted octanol–water partition coefficient (Wildman–Crippen LogP) is 3.65. The lowest BCUT2D eigenvalue weighted by Crippen LogP contribution is -2.14. The lowest BCUT2D eigenvalue weighted by atomic mass is 10.1. The average Bonchev–Trinajstić information content (AvgIpc) is 3.16. The second-order valence-electron chi connectivity index (χ2n) is 8.41. The summed E-state index contributed by atoms with van der Waals surface area (Å²) in [5.41, 5.74) is 5.87. The van der Waals surface area contributed by atoms with E-state index in [0.29, 0.717) is 28.0 Å². The number of hydrogen-bond donors (Lipinski definition) is 5. The molecule has 0 saturated heterocycles. The SMILES string of the molecule is CNN=C1c2cc(S(=O)(=O)Nc3cccc(O)c3)ccc2-c2ccc(S(=O)(=O)Nc3cccc(O)c3)cc21. The third kappa shape index (κ3) is 4.74. The number of sulfonamides is 2. The topological polar surface area (TPSA) is 157 Å². The molecule has 0 atom stereocenters. The molecule has 194 valence electrons. The van der Waals surface area contributed by atoms with Crippen molar-refractivity contribution in [2.75, 3.05) is 16.5 Å². The van der Waals surface area contributed by atoms with Gasteiger partial charge in [-0.05, 0) is 59.7 Å². The van der Waals surface area contributed by atoms with Gasteiger partial charge in [-0.25, -0.2) is 16.8 Å². The highest BCUT2D eigenvalue weighted by molar-refractivity contribution is 7.93. The molecule has 5 rings (SSSR count). The van der Waals surface area contributed by atoms with Crippen LogP contribution in [0, 0.1) is 0 Å². The third-order valence-corrected chi connectivity index (χ3v) is 8.58. The van der Waals surface area contributed by atoms with Crippen molar-refractivity contribution in [3.8, 4) is 22.6 Å². The predicted molar refractivity (Wildman–Crippen MR) is 144 cm³/mol. The molecule has 0 amide bonds. The summed E-state index contributed by atoms with van der Waals surface area (Å²) in [6.45, 7) is 0. The summed E-state index contributed by atoms with van der Waals surface area (Å²) in [5, 5.41) is 23.6. The number of phenols is 2. The first-order valence-electron chi connectivity index (χ1n) is 11.2. The zero-order valence-electron chi connectivity index (χ0n) is 19.9. The number of rotatable bonds is 7. The van der Waals surface area contributed by atoms with E-state index >= 15 is 0 Å². The van der Waals surface area contributed by atoms with Crippen LogP contribution in [0.3, 0.4) is 0 Å². The number of nitrogens with one attached hydrogen (secondary N) is 3. The van der Waals surface area contributed by atoms with E-state index in [1.165, 1.54) is 72.8 Å². The van der Waals surface area contributed by atoms with Gasteiger partial charge in [-0.3, -0.25) is 9.44 Å². The Bertz CT molecular complexity index is 1690. The summed E-state index contributed by atoms with van der Waals surface area (Å²) in [6, 6.07) is 20.6. The van der Waals surface area contributed by atoms with Crippen LogP contribution in [0.1, 0.15) is 11.1 Å². The maximum atomic E-state index is 13.1. The summed E-state index contributed by atoms with van der Waals surface area (Å²) in [7, 11) is -6.44. The summed E-state index contributed by atoms with van der Waals surface area (Å²) in [5.74, 6) is -0.162. The van der Waals surface area contributed by atoms with Gasteiger partial charge in [-0.15, -0.1) is 0 Å². The number of aromatic hydroxyl groups is 2. The van der Waals surface area contributed by atoms with Crippen LogP contribution < -0.4 is 14.9 Å². The van der Waals surface area contributed by atoms with Gasteiger partial charge in [0.05, 0.1) is 26.9 Å². The van der Waals surface area contributed by atoms with Crippen LogP contribution in [0.4, 0.5) is 11.4 Å². The molecule has 1 aliphatic rings. The molecule has 0 saturated carbocycles. The molecule has 0 aromatic heterocycles. The van der Waals surface area contributed by atoms with Crippen molar-refractivity contribution in [1.82, 2.24) is 5.43 Å². The van der Waals surface area contributed by atoms with Gasteiger partial charge in [0, 0.05) is 30.3 Å².